The van der Waals surface area contributed by atoms with Gasteiger partial charge in [0.25, 0.3) is 0 Å². The first-order valence-electron chi connectivity index (χ1n) is 7.55. The maximum Gasteiger partial charge on any atom is 0.328 e. The van der Waals surface area contributed by atoms with E-state index in [-0.39, 0.29) is 24.1 Å². The fourth-order valence-corrected chi connectivity index (χ4v) is 2.72. The summed E-state index contributed by atoms with van der Waals surface area (Å²) in [6.45, 7) is 2.21. The van der Waals surface area contributed by atoms with Gasteiger partial charge in [0.15, 0.2) is 0 Å². The number of amides is 1. The van der Waals surface area contributed by atoms with E-state index in [2.05, 4.69) is 5.32 Å². The highest BCUT2D eigenvalue weighted by atomic mass is 16.3. The molecule has 0 saturated heterocycles. The fraction of sp³-hybridized carbons (Fsp3) is 0.294. The Hall–Kier alpha value is -2.76. The highest BCUT2D eigenvalue weighted by Crippen LogP contribution is 2.14. The number of rotatable bonds is 5. The number of carbonyl (C=O) groups excluding carboxylic acids is 1. The first-order valence-corrected chi connectivity index (χ1v) is 7.55. The second-order valence-corrected chi connectivity index (χ2v) is 5.54. The zero-order chi connectivity index (χ0) is 16.4. The van der Waals surface area contributed by atoms with Crippen LogP contribution in [0.2, 0.25) is 0 Å². The number of benzene rings is 1. The number of para-hydroxylation sites is 2. The van der Waals surface area contributed by atoms with Gasteiger partial charge in [-0.2, -0.15) is 0 Å². The van der Waals surface area contributed by atoms with Crippen LogP contribution < -0.4 is 11.0 Å². The van der Waals surface area contributed by atoms with Gasteiger partial charge in [0, 0.05) is 20.0 Å². The Morgan fingerprint density at radius 1 is 1.22 bits per heavy atom. The second kappa shape index (κ2) is 6.16. The van der Waals surface area contributed by atoms with Crippen LogP contribution in [0.25, 0.3) is 11.0 Å². The molecule has 3 aromatic rings. The SMILES string of the molecule is C[C@@H](NC(=O)CCn1c(=O)n(C)c2ccccc21)c1ccco1. The summed E-state index contributed by atoms with van der Waals surface area (Å²) in [7, 11) is 1.74. The highest BCUT2D eigenvalue weighted by Gasteiger charge is 2.14. The Morgan fingerprint density at radius 2 is 1.96 bits per heavy atom. The third kappa shape index (κ3) is 2.92. The monoisotopic (exact) mass is 313 g/mol. The van der Waals surface area contributed by atoms with Crippen LogP contribution in [-0.4, -0.2) is 15.0 Å². The number of hydrogen-bond acceptors (Lipinski definition) is 3. The molecule has 2 heterocycles. The molecule has 6 nitrogen and oxygen atoms in total. The molecular weight excluding hydrogens is 294 g/mol. The van der Waals surface area contributed by atoms with Gasteiger partial charge in [0.05, 0.1) is 23.3 Å². The Bertz CT molecular complexity index is 874. The van der Waals surface area contributed by atoms with Crippen LogP contribution in [0.1, 0.15) is 25.1 Å². The molecule has 120 valence electrons. The number of hydrogen-bond donors (Lipinski definition) is 1. The summed E-state index contributed by atoms with van der Waals surface area (Å²) in [5.74, 6) is 0.592. The summed E-state index contributed by atoms with van der Waals surface area (Å²) < 4.78 is 8.49. The van der Waals surface area contributed by atoms with Crippen molar-refractivity contribution in [2.45, 2.75) is 25.9 Å². The maximum atomic E-state index is 12.3. The van der Waals surface area contributed by atoms with E-state index in [1.165, 1.54) is 0 Å². The second-order valence-electron chi connectivity index (χ2n) is 5.54. The molecule has 2 aromatic heterocycles. The van der Waals surface area contributed by atoms with Gasteiger partial charge in [-0.15, -0.1) is 0 Å². The van der Waals surface area contributed by atoms with Crippen molar-refractivity contribution in [3.8, 4) is 0 Å². The molecule has 1 N–H and O–H groups in total. The molecule has 0 fully saturated rings. The quantitative estimate of drug-likeness (QED) is 0.785. The minimum absolute atomic E-state index is 0.113. The van der Waals surface area contributed by atoms with E-state index >= 15 is 0 Å². The molecule has 0 unspecified atom stereocenters. The molecule has 0 aliphatic heterocycles. The molecule has 3 rings (SSSR count). The van der Waals surface area contributed by atoms with Crippen LogP contribution in [0.3, 0.4) is 0 Å². The smallest absolute Gasteiger partial charge is 0.328 e. The molecule has 6 heteroatoms. The molecule has 0 bridgehead atoms. The maximum absolute atomic E-state index is 12.3. The number of nitrogens with zero attached hydrogens (tertiary/aromatic N) is 2. The predicted molar refractivity (Wildman–Crippen MR) is 87.1 cm³/mol. The zero-order valence-corrected chi connectivity index (χ0v) is 13.2. The van der Waals surface area contributed by atoms with Crippen LogP contribution in [0.4, 0.5) is 0 Å². The summed E-state index contributed by atoms with van der Waals surface area (Å²) >= 11 is 0. The number of furan rings is 1. The van der Waals surface area contributed by atoms with Gasteiger partial charge >= 0.3 is 5.69 Å². The number of fused-ring (bicyclic) bond motifs is 1. The third-order valence-corrected chi connectivity index (χ3v) is 3.96. The number of nitrogens with one attached hydrogen (secondary N) is 1. The lowest BCUT2D eigenvalue weighted by Gasteiger charge is -2.11. The lowest BCUT2D eigenvalue weighted by molar-refractivity contribution is -0.122. The summed E-state index contributed by atoms with van der Waals surface area (Å²) in [5.41, 5.74) is 1.59. The molecule has 0 radical (unpaired) electrons. The highest BCUT2D eigenvalue weighted by molar-refractivity contribution is 5.78. The van der Waals surface area contributed by atoms with Crippen molar-refractivity contribution < 1.29 is 9.21 Å². The van der Waals surface area contributed by atoms with Crippen LogP contribution in [-0.2, 0) is 18.4 Å². The minimum Gasteiger partial charge on any atom is -0.467 e. The minimum atomic E-state index is -0.193. The summed E-state index contributed by atoms with van der Waals surface area (Å²) in [5, 5.41) is 2.87. The molecule has 0 aliphatic carbocycles. The molecule has 0 spiro atoms. The standard InChI is InChI=1S/C17H19N3O3/c1-12(15-8-5-11-23-15)18-16(21)9-10-20-14-7-4-3-6-13(14)19(2)17(20)22/h3-8,11-12H,9-10H2,1-2H3,(H,18,21)/t12-/m1/s1. The largest absolute Gasteiger partial charge is 0.467 e. The van der Waals surface area contributed by atoms with Gasteiger partial charge in [0.2, 0.25) is 5.91 Å². The van der Waals surface area contributed by atoms with Crippen LogP contribution in [0.15, 0.2) is 51.9 Å². The first-order chi connectivity index (χ1) is 11.1. The van der Waals surface area contributed by atoms with Gasteiger partial charge in [-0.25, -0.2) is 4.79 Å². The predicted octanol–water partition coefficient (Wildman–Crippen LogP) is 2.20. The topological polar surface area (TPSA) is 69.2 Å². The summed E-state index contributed by atoms with van der Waals surface area (Å²) in [6, 6.07) is 11.0. The lowest BCUT2D eigenvalue weighted by atomic mass is 10.2. The zero-order valence-electron chi connectivity index (χ0n) is 13.2. The molecule has 23 heavy (non-hydrogen) atoms. The van der Waals surface area contributed by atoms with Gasteiger partial charge in [-0.1, -0.05) is 12.1 Å². The first kappa shape index (κ1) is 15.1. The van der Waals surface area contributed by atoms with Crippen molar-refractivity contribution in [1.29, 1.82) is 0 Å². The Labute approximate surface area is 133 Å². The van der Waals surface area contributed by atoms with Crippen molar-refractivity contribution >= 4 is 16.9 Å². The fourth-order valence-electron chi connectivity index (χ4n) is 2.72. The molecule has 1 aromatic carbocycles. The van der Waals surface area contributed by atoms with E-state index in [9.17, 15) is 9.59 Å². The van der Waals surface area contributed by atoms with Crippen LogP contribution in [0.5, 0.6) is 0 Å². The molecule has 0 aliphatic rings. The van der Waals surface area contributed by atoms with E-state index in [1.54, 1.807) is 28.5 Å². The van der Waals surface area contributed by atoms with E-state index in [0.717, 1.165) is 11.0 Å². The van der Waals surface area contributed by atoms with E-state index < -0.39 is 0 Å². The van der Waals surface area contributed by atoms with Crippen molar-refractivity contribution in [1.82, 2.24) is 14.5 Å². The molecular formula is C17H19N3O3. The van der Waals surface area contributed by atoms with E-state index in [4.69, 9.17) is 4.42 Å². The average molecular weight is 313 g/mol. The van der Waals surface area contributed by atoms with Crippen molar-refractivity contribution in [3.63, 3.8) is 0 Å². The summed E-state index contributed by atoms with van der Waals surface area (Å²) in [4.78, 5) is 24.4. The van der Waals surface area contributed by atoms with Crippen LogP contribution in [0, 0.1) is 0 Å². The summed E-state index contributed by atoms with van der Waals surface area (Å²) in [6.07, 6.45) is 1.81. The number of imidazole rings is 1. The Balaban J connectivity index is 1.70. The number of carbonyl (C=O) groups is 1. The molecule has 1 amide bonds. The van der Waals surface area contributed by atoms with E-state index in [0.29, 0.717) is 12.3 Å². The van der Waals surface area contributed by atoms with Crippen molar-refractivity contribution in [3.05, 3.63) is 58.9 Å². The van der Waals surface area contributed by atoms with Crippen LogP contribution >= 0.6 is 0 Å². The lowest BCUT2D eigenvalue weighted by Crippen LogP contribution is -2.29. The molecule has 0 saturated carbocycles. The number of aryl methyl sites for hydroxylation is 2. The Kier molecular flexibility index (Phi) is 4.06. The van der Waals surface area contributed by atoms with Gasteiger partial charge < -0.3 is 9.73 Å². The third-order valence-electron chi connectivity index (χ3n) is 3.96. The normalized spacial score (nSPS) is 12.4. The van der Waals surface area contributed by atoms with Gasteiger partial charge in [-0.3, -0.25) is 13.9 Å². The van der Waals surface area contributed by atoms with Gasteiger partial charge in [-0.05, 0) is 31.2 Å². The van der Waals surface area contributed by atoms with E-state index in [1.807, 2.05) is 37.3 Å². The van der Waals surface area contributed by atoms with Gasteiger partial charge in [0.1, 0.15) is 5.76 Å². The van der Waals surface area contributed by atoms with Crippen molar-refractivity contribution in [2.24, 2.45) is 7.05 Å². The Morgan fingerprint density at radius 3 is 2.65 bits per heavy atom. The van der Waals surface area contributed by atoms with Crippen molar-refractivity contribution in [2.75, 3.05) is 0 Å². The average Bonchev–Trinajstić information content (AvgIpc) is 3.15. The number of aromatic nitrogens is 2. The molecule has 1 atom stereocenters.